The molecule has 0 spiro atoms. The Morgan fingerprint density at radius 2 is 1.90 bits per heavy atom. The van der Waals surface area contributed by atoms with Crippen LogP contribution < -0.4 is 4.74 Å². The van der Waals surface area contributed by atoms with Crippen molar-refractivity contribution < 1.29 is 19.4 Å². The average molecular weight is 291 g/mol. The lowest BCUT2D eigenvalue weighted by molar-refractivity contribution is -0.138. The van der Waals surface area contributed by atoms with E-state index in [0.29, 0.717) is 11.5 Å². The Hall–Kier alpha value is -2.30. The number of ether oxygens (including phenoxy) is 2. The number of nitrogens with zero attached hydrogens (tertiary/aromatic N) is 1. The summed E-state index contributed by atoms with van der Waals surface area (Å²) in [5, 5.41) is 10.1. The van der Waals surface area contributed by atoms with Crippen LogP contribution in [0.4, 0.5) is 0 Å². The summed E-state index contributed by atoms with van der Waals surface area (Å²) in [7, 11) is 1.54. The minimum Gasteiger partial charge on any atom is -0.508 e. The number of rotatable bonds is 6. The summed E-state index contributed by atoms with van der Waals surface area (Å²) in [6, 6.07) is 7.41. The zero-order valence-corrected chi connectivity index (χ0v) is 12.8. The Kier molecular flexibility index (Phi) is 6.46. The molecule has 0 aliphatic rings. The highest BCUT2D eigenvalue weighted by Crippen LogP contribution is 2.14. The lowest BCUT2D eigenvalue weighted by Gasteiger charge is -2.11. The third-order valence-electron chi connectivity index (χ3n) is 2.86. The van der Waals surface area contributed by atoms with E-state index in [1.165, 1.54) is 0 Å². The molecule has 0 heterocycles. The summed E-state index contributed by atoms with van der Waals surface area (Å²) in [6.45, 7) is 5.42. The quantitative estimate of drug-likeness (QED) is 0.379. The van der Waals surface area contributed by atoms with E-state index in [0.717, 1.165) is 5.56 Å². The first-order chi connectivity index (χ1) is 9.99. The molecule has 0 atom stereocenters. The summed E-state index contributed by atoms with van der Waals surface area (Å²) >= 11 is 0. The van der Waals surface area contributed by atoms with Crippen molar-refractivity contribution in [2.75, 3.05) is 20.3 Å². The molecule has 114 valence electrons. The fraction of sp³-hybridized carbons (Fsp3) is 0.375. The number of carbonyl (C=O) groups is 1. The molecule has 0 bridgehead atoms. The number of aryl methyl sites for hydroxylation is 1. The highest BCUT2D eigenvalue weighted by Gasteiger charge is 2.19. The fourth-order valence-electron chi connectivity index (χ4n) is 1.65. The second-order valence-electron chi connectivity index (χ2n) is 4.45. The van der Waals surface area contributed by atoms with Gasteiger partial charge in [-0.15, -0.1) is 0 Å². The second-order valence-corrected chi connectivity index (χ2v) is 4.45. The molecule has 0 amide bonds. The molecule has 0 aromatic heterocycles. The van der Waals surface area contributed by atoms with E-state index >= 15 is 0 Å². The van der Waals surface area contributed by atoms with Crippen molar-refractivity contribution in [2.24, 2.45) is 4.99 Å². The maximum Gasteiger partial charge on any atom is 0.343 e. The number of hydrogen-bond donors (Lipinski definition) is 1. The van der Waals surface area contributed by atoms with Crippen LogP contribution in [-0.2, 0) is 9.53 Å². The van der Waals surface area contributed by atoms with Crippen molar-refractivity contribution in [1.29, 1.82) is 0 Å². The molecule has 0 saturated heterocycles. The molecule has 0 aliphatic heterocycles. The molecule has 0 radical (unpaired) electrons. The van der Waals surface area contributed by atoms with E-state index in [-0.39, 0.29) is 24.5 Å². The maximum absolute atomic E-state index is 11.9. The Labute approximate surface area is 124 Å². The Morgan fingerprint density at radius 3 is 2.43 bits per heavy atom. The zero-order chi connectivity index (χ0) is 15.8. The summed E-state index contributed by atoms with van der Waals surface area (Å²) in [5.74, 6) is -0.191. The van der Waals surface area contributed by atoms with Crippen molar-refractivity contribution in [3.63, 3.8) is 0 Å². The van der Waals surface area contributed by atoms with Gasteiger partial charge in [-0.2, -0.15) is 0 Å². The van der Waals surface area contributed by atoms with Crippen LogP contribution in [0.15, 0.2) is 40.6 Å². The number of aliphatic hydroxyl groups is 1. The highest BCUT2D eigenvalue weighted by molar-refractivity contribution is 6.19. The van der Waals surface area contributed by atoms with Crippen LogP contribution in [-0.4, -0.2) is 37.0 Å². The van der Waals surface area contributed by atoms with E-state index in [1.54, 1.807) is 33.0 Å². The van der Waals surface area contributed by atoms with E-state index in [2.05, 4.69) is 4.99 Å². The van der Waals surface area contributed by atoms with Gasteiger partial charge < -0.3 is 14.6 Å². The van der Waals surface area contributed by atoms with Crippen molar-refractivity contribution in [3.8, 4) is 5.75 Å². The first-order valence-electron chi connectivity index (χ1n) is 6.72. The van der Waals surface area contributed by atoms with Crippen molar-refractivity contribution in [2.45, 2.75) is 20.8 Å². The standard InChI is InChI=1S/C16H21NO4/c1-5-20-16(19)15(12(3)17-4)14(18)10-21-13-8-6-11(2)7-9-13/h6-9,18H,5,10H2,1-4H3/b15-14-,17-12?. The van der Waals surface area contributed by atoms with Crippen molar-refractivity contribution >= 4 is 11.7 Å². The molecular weight excluding hydrogens is 270 g/mol. The molecule has 0 unspecified atom stereocenters. The van der Waals surface area contributed by atoms with Crippen LogP contribution >= 0.6 is 0 Å². The van der Waals surface area contributed by atoms with Gasteiger partial charge in [0.05, 0.1) is 6.61 Å². The van der Waals surface area contributed by atoms with Crippen LogP contribution in [0.1, 0.15) is 19.4 Å². The van der Waals surface area contributed by atoms with Gasteiger partial charge in [-0.05, 0) is 32.9 Å². The monoisotopic (exact) mass is 291 g/mol. The SMILES string of the molecule is CCOC(=O)/C(C(C)=NC)=C(\O)COc1ccc(C)cc1. The molecule has 1 aromatic rings. The number of aliphatic imine (C=N–C) groups is 1. The van der Waals surface area contributed by atoms with E-state index in [9.17, 15) is 9.90 Å². The number of hydrogen-bond acceptors (Lipinski definition) is 5. The predicted octanol–water partition coefficient (Wildman–Crippen LogP) is 2.84. The number of benzene rings is 1. The molecule has 0 aliphatic carbocycles. The van der Waals surface area contributed by atoms with Crippen LogP contribution in [0.3, 0.4) is 0 Å². The van der Waals surface area contributed by atoms with Crippen molar-refractivity contribution in [1.82, 2.24) is 0 Å². The molecule has 0 fully saturated rings. The van der Waals surface area contributed by atoms with Gasteiger partial charge >= 0.3 is 5.97 Å². The van der Waals surface area contributed by atoms with Gasteiger partial charge in [0, 0.05) is 12.8 Å². The molecule has 21 heavy (non-hydrogen) atoms. The molecule has 1 N–H and O–H groups in total. The summed E-state index contributed by atoms with van der Waals surface area (Å²) in [6.07, 6.45) is 0. The summed E-state index contributed by atoms with van der Waals surface area (Å²) in [5.41, 5.74) is 1.56. The Bertz CT molecular complexity index is 544. The third kappa shape index (κ3) is 4.95. The topological polar surface area (TPSA) is 68.1 Å². The normalized spacial score (nSPS) is 12.7. The minimum absolute atomic E-state index is 0.0476. The van der Waals surface area contributed by atoms with E-state index < -0.39 is 5.97 Å². The van der Waals surface area contributed by atoms with Gasteiger partial charge in [0.25, 0.3) is 0 Å². The van der Waals surface area contributed by atoms with E-state index in [4.69, 9.17) is 9.47 Å². The van der Waals surface area contributed by atoms with Crippen LogP contribution in [0, 0.1) is 6.92 Å². The predicted molar refractivity (Wildman–Crippen MR) is 82.0 cm³/mol. The van der Waals surface area contributed by atoms with E-state index in [1.807, 2.05) is 19.1 Å². The average Bonchev–Trinajstić information content (AvgIpc) is 2.47. The van der Waals surface area contributed by atoms with Gasteiger partial charge in [-0.25, -0.2) is 4.79 Å². The Morgan fingerprint density at radius 1 is 1.29 bits per heavy atom. The summed E-state index contributed by atoms with van der Waals surface area (Å²) in [4.78, 5) is 15.8. The molecule has 0 saturated carbocycles. The lowest BCUT2D eigenvalue weighted by atomic mass is 10.1. The maximum atomic E-state index is 11.9. The molecule has 1 aromatic carbocycles. The molecule has 1 rings (SSSR count). The van der Waals surface area contributed by atoms with Gasteiger partial charge in [0.2, 0.25) is 0 Å². The molecule has 5 heteroatoms. The van der Waals surface area contributed by atoms with Crippen LogP contribution in [0.25, 0.3) is 0 Å². The highest BCUT2D eigenvalue weighted by atomic mass is 16.5. The lowest BCUT2D eigenvalue weighted by Crippen LogP contribution is -2.19. The zero-order valence-electron chi connectivity index (χ0n) is 12.8. The first kappa shape index (κ1) is 16.8. The number of esters is 1. The Balaban J connectivity index is 2.89. The van der Waals surface area contributed by atoms with Crippen LogP contribution in [0.5, 0.6) is 5.75 Å². The fourth-order valence-corrected chi connectivity index (χ4v) is 1.65. The van der Waals surface area contributed by atoms with Gasteiger partial charge in [0.1, 0.15) is 23.7 Å². The third-order valence-corrected chi connectivity index (χ3v) is 2.86. The summed E-state index contributed by atoms with van der Waals surface area (Å²) < 4.78 is 10.4. The van der Waals surface area contributed by atoms with Gasteiger partial charge in [0.15, 0.2) is 0 Å². The van der Waals surface area contributed by atoms with Crippen LogP contribution in [0.2, 0.25) is 0 Å². The largest absolute Gasteiger partial charge is 0.508 e. The number of aliphatic hydroxyl groups excluding tert-OH is 1. The van der Waals surface area contributed by atoms with Gasteiger partial charge in [-0.1, -0.05) is 17.7 Å². The second kappa shape index (κ2) is 8.09. The molecular formula is C16H21NO4. The smallest absolute Gasteiger partial charge is 0.343 e. The minimum atomic E-state index is -0.606. The molecule has 5 nitrogen and oxygen atoms in total. The first-order valence-corrected chi connectivity index (χ1v) is 6.72. The van der Waals surface area contributed by atoms with Gasteiger partial charge in [-0.3, -0.25) is 4.99 Å². The van der Waals surface area contributed by atoms with Crippen molar-refractivity contribution in [3.05, 3.63) is 41.2 Å². The number of carbonyl (C=O) groups excluding carboxylic acids is 1.